The Morgan fingerprint density at radius 3 is 2.62 bits per heavy atom. The van der Waals surface area contributed by atoms with Gasteiger partial charge in [-0.2, -0.15) is 0 Å². The lowest BCUT2D eigenvalue weighted by Crippen LogP contribution is -2.37. The summed E-state index contributed by atoms with van der Waals surface area (Å²) in [6.45, 7) is 9.29. The lowest BCUT2D eigenvalue weighted by Gasteiger charge is -2.23. The van der Waals surface area contributed by atoms with Crippen molar-refractivity contribution in [2.75, 3.05) is 25.5 Å². The summed E-state index contributed by atoms with van der Waals surface area (Å²) in [6, 6.07) is 6.86. The second-order valence-corrected chi connectivity index (χ2v) is 7.67. The lowest BCUT2D eigenvalue weighted by atomic mass is 10.2. The third kappa shape index (κ3) is 7.14. The standard InChI is InChI=1S/C21H30N4O4/c1-14(2)10-22-20(26)18-13-29-19(24-18)12-25(11-15(3)4)21(27)23-16-7-6-8-17(9-16)28-5/h6-9,13-15H,10-12H2,1-5H3,(H,22,26)(H,23,27). The van der Waals surface area contributed by atoms with E-state index < -0.39 is 0 Å². The first-order chi connectivity index (χ1) is 13.8. The van der Waals surface area contributed by atoms with E-state index in [1.807, 2.05) is 27.7 Å². The van der Waals surface area contributed by atoms with Crippen LogP contribution in [0.3, 0.4) is 0 Å². The minimum Gasteiger partial charge on any atom is -0.497 e. The van der Waals surface area contributed by atoms with E-state index in [4.69, 9.17) is 9.15 Å². The van der Waals surface area contributed by atoms with Crippen LogP contribution in [0.25, 0.3) is 0 Å². The first-order valence-corrected chi connectivity index (χ1v) is 9.71. The predicted octanol–water partition coefficient (Wildman–Crippen LogP) is 3.76. The van der Waals surface area contributed by atoms with Gasteiger partial charge in [0.25, 0.3) is 5.91 Å². The van der Waals surface area contributed by atoms with Crippen molar-refractivity contribution < 1.29 is 18.7 Å². The molecule has 2 aromatic rings. The van der Waals surface area contributed by atoms with Crippen LogP contribution >= 0.6 is 0 Å². The Bertz CT molecular complexity index is 817. The summed E-state index contributed by atoms with van der Waals surface area (Å²) in [4.78, 5) is 30.8. The molecule has 0 bridgehead atoms. The summed E-state index contributed by atoms with van der Waals surface area (Å²) >= 11 is 0. The highest BCUT2D eigenvalue weighted by Gasteiger charge is 2.20. The number of hydrogen-bond acceptors (Lipinski definition) is 5. The van der Waals surface area contributed by atoms with Crippen molar-refractivity contribution in [2.24, 2.45) is 11.8 Å². The van der Waals surface area contributed by atoms with Crippen LogP contribution in [0.2, 0.25) is 0 Å². The fraction of sp³-hybridized carbons (Fsp3) is 0.476. The number of benzene rings is 1. The normalized spacial score (nSPS) is 10.9. The summed E-state index contributed by atoms with van der Waals surface area (Å²) in [5, 5.41) is 5.66. The van der Waals surface area contributed by atoms with Crippen LogP contribution in [0, 0.1) is 11.8 Å². The monoisotopic (exact) mass is 402 g/mol. The second kappa shape index (κ2) is 10.5. The fourth-order valence-corrected chi connectivity index (χ4v) is 2.60. The molecule has 0 aliphatic rings. The first kappa shape index (κ1) is 22.3. The number of anilines is 1. The minimum absolute atomic E-state index is 0.158. The molecule has 29 heavy (non-hydrogen) atoms. The molecule has 3 amide bonds. The Balaban J connectivity index is 2.06. The van der Waals surface area contributed by atoms with Crippen LogP contribution in [-0.2, 0) is 6.54 Å². The maximum Gasteiger partial charge on any atom is 0.322 e. The molecule has 2 rings (SSSR count). The summed E-state index contributed by atoms with van der Waals surface area (Å²) in [5.74, 6) is 1.26. The number of oxazole rings is 1. The highest BCUT2D eigenvalue weighted by atomic mass is 16.5. The fourth-order valence-electron chi connectivity index (χ4n) is 2.60. The number of amides is 3. The number of rotatable bonds is 9. The molecular weight excluding hydrogens is 372 g/mol. The van der Waals surface area contributed by atoms with Gasteiger partial charge in [-0.25, -0.2) is 9.78 Å². The van der Waals surface area contributed by atoms with Gasteiger partial charge in [0.05, 0.1) is 13.7 Å². The van der Waals surface area contributed by atoms with Gasteiger partial charge in [-0.1, -0.05) is 33.8 Å². The number of nitrogens with zero attached hydrogens (tertiary/aromatic N) is 2. The van der Waals surface area contributed by atoms with Crippen LogP contribution < -0.4 is 15.4 Å². The van der Waals surface area contributed by atoms with E-state index >= 15 is 0 Å². The maximum absolute atomic E-state index is 12.8. The van der Waals surface area contributed by atoms with Crippen molar-refractivity contribution in [3.63, 3.8) is 0 Å². The third-order valence-corrected chi connectivity index (χ3v) is 3.98. The highest BCUT2D eigenvalue weighted by Crippen LogP contribution is 2.18. The summed E-state index contributed by atoms with van der Waals surface area (Å²) in [5.41, 5.74) is 0.836. The van der Waals surface area contributed by atoms with Gasteiger partial charge in [0.1, 0.15) is 12.0 Å². The second-order valence-electron chi connectivity index (χ2n) is 7.67. The van der Waals surface area contributed by atoms with Crippen molar-refractivity contribution in [2.45, 2.75) is 34.2 Å². The van der Waals surface area contributed by atoms with Crippen LogP contribution in [0.15, 0.2) is 34.9 Å². The number of hydrogen-bond donors (Lipinski definition) is 2. The van der Waals surface area contributed by atoms with Crippen molar-refractivity contribution in [3.8, 4) is 5.75 Å². The van der Waals surface area contributed by atoms with Gasteiger partial charge in [-0.15, -0.1) is 0 Å². The number of ether oxygens (including phenoxy) is 1. The topological polar surface area (TPSA) is 96.7 Å². The number of nitrogens with one attached hydrogen (secondary N) is 2. The number of carbonyl (C=O) groups is 2. The van der Waals surface area contributed by atoms with Gasteiger partial charge in [0, 0.05) is 24.8 Å². The van der Waals surface area contributed by atoms with Crippen molar-refractivity contribution in [1.82, 2.24) is 15.2 Å². The molecule has 8 heteroatoms. The number of methoxy groups -OCH3 is 1. The van der Waals surface area contributed by atoms with E-state index in [0.717, 1.165) is 0 Å². The quantitative estimate of drug-likeness (QED) is 0.666. The maximum atomic E-state index is 12.8. The van der Waals surface area contributed by atoms with Crippen LogP contribution in [0.5, 0.6) is 5.75 Å². The van der Waals surface area contributed by atoms with Gasteiger partial charge < -0.3 is 24.7 Å². The largest absolute Gasteiger partial charge is 0.497 e. The molecule has 0 aliphatic heterocycles. The molecule has 0 fully saturated rings. The molecule has 0 saturated carbocycles. The number of urea groups is 1. The average Bonchev–Trinajstić information content (AvgIpc) is 3.14. The van der Waals surface area contributed by atoms with E-state index in [1.54, 1.807) is 36.3 Å². The smallest absolute Gasteiger partial charge is 0.322 e. The minimum atomic E-state index is -0.287. The predicted molar refractivity (Wildman–Crippen MR) is 111 cm³/mol. The zero-order valence-corrected chi connectivity index (χ0v) is 17.7. The molecule has 1 aromatic heterocycles. The van der Waals surface area contributed by atoms with E-state index in [9.17, 15) is 9.59 Å². The molecule has 0 atom stereocenters. The van der Waals surface area contributed by atoms with Gasteiger partial charge in [0.15, 0.2) is 5.69 Å². The summed E-state index contributed by atoms with van der Waals surface area (Å²) in [7, 11) is 1.57. The van der Waals surface area contributed by atoms with E-state index in [2.05, 4.69) is 15.6 Å². The van der Waals surface area contributed by atoms with Crippen molar-refractivity contribution in [3.05, 3.63) is 42.1 Å². The molecule has 1 aromatic carbocycles. The molecule has 1 heterocycles. The molecule has 0 saturated heterocycles. The Morgan fingerprint density at radius 2 is 1.97 bits per heavy atom. The highest BCUT2D eigenvalue weighted by molar-refractivity contribution is 5.92. The van der Waals surface area contributed by atoms with E-state index in [1.165, 1.54) is 6.26 Å². The van der Waals surface area contributed by atoms with Crippen molar-refractivity contribution in [1.29, 1.82) is 0 Å². The van der Waals surface area contributed by atoms with Crippen molar-refractivity contribution >= 4 is 17.6 Å². The first-order valence-electron chi connectivity index (χ1n) is 9.71. The third-order valence-electron chi connectivity index (χ3n) is 3.98. The SMILES string of the molecule is COc1cccc(NC(=O)N(Cc2nc(C(=O)NCC(C)C)co2)CC(C)C)c1. The van der Waals surface area contributed by atoms with Gasteiger partial charge in [0.2, 0.25) is 5.89 Å². The molecule has 0 radical (unpaired) electrons. The Labute approximate surface area is 171 Å². The molecule has 2 N–H and O–H groups in total. The summed E-state index contributed by atoms with van der Waals surface area (Å²) < 4.78 is 10.6. The van der Waals surface area contributed by atoms with Crippen LogP contribution in [0.1, 0.15) is 44.1 Å². The Hall–Kier alpha value is -3.03. The average molecular weight is 402 g/mol. The lowest BCUT2D eigenvalue weighted by molar-refractivity contribution is 0.0944. The van der Waals surface area contributed by atoms with Crippen LogP contribution in [-0.4, -0.2) is 42.0 Å². The zero-order chi connectivity index (χ0) is 21.4. The van der Waals surface area contributed by atoms with E-state index in [-0.39, 0.29) is 30.1 Å². The molecule has 0 spiro atoms. The van der Waals surface area contributed by atoms with Gasteiger partial charge in [-0.05, 0) is 24.0 Å². The molecule has 8 nitrogen and oxygen atoms in total. The molecule has 158 valence electrons. The summed E-state index contributed by atoms with van der Waals surface area (Å²) in [6.07, 6.45) is 1.32. The Kier molecular flexibility index (Phi) is 8.06. The van der Waals surface area contributed by atoms with Gasteiger partial charge in [-0.3, -0.25) is 4.79 Å². The molecular formula is C21H30N4O4. The number of carbonyl (C=O) groups excluding carboxylic acids is 2. The van der Waals surface area contributed by atoms with Gasteiger partial charge >= 0.3 is 6.03 Å². The molecule has 0 unspecified atom stereocenters. The van der Waals surface area contributed by atoms with E-state index in [0.29, 0.717) is 36.3 Å². The zero-order valence-electron chi connectivity index (χ0n) is 17.7. The Morgan fingerprint density at radius 1 is 1.21 bits per heavy atom. The van der Waals surface area contributed by atoms with Crippen LogP contribution in [0.4, 0.5) is 10.5 Å². The molecule has 0 aliphatic carbocycles. The number of aromatic nitrogens is 1.